The predicted octanol–water partition coefficient (Wildman–Crippen LogP) is 6.06. The maximum Gasteiger partial charge on any atom is 0.253 e. The van der Waals surface area contributed by atoms with Crippen molar-refractivity contribution < 1.29 is 4.79 Å². The highest BCUT2D eigenvalue weighted by atomic mass is 35.5. The fourth-order valence-electron chi connectivity index (χ4n) is 6.39. The van der Waals surface area contributed by atoms with E-state index in [9.17, 15) is 4.79 Å². The summed E-state index contributed by atoms with van der Waals surface area (Å²) in [6.07, 6.45) is 6.67. The van der Waals surface area contributed by atoms with Crippen molar-refractivity contribution in [1.82, 2.24) is 20.2 Å². The highest BCUT2D eigenvalue weighted by Crippen LogP contribution is 2.57. The molecule has 4 heterocycles. The molecule has 6 rings (SSSR count). The minimum absolute atomic E-state index is 0.0738. The summed E-state index contributed by atoms with van der Waals surface area (Å²) in [5.41, 5.74) is 3.14. The summed E-state index contributed by atoms with van der Waals surface area (Å²) in [7, 11) is 1.96. The largest absolute Gasteiger partial charge is 0.339 e. The third-order valence-electron chi connectivity index (χ3n) is 8.46. The van der Waals surface area contributed by atoms with Gasteiger partial charge in [-0.1, -0.05) is 24.6 Å². The first-order chi connectivity index (χ1) is 16.4. The van der Waals surface area contributed by atoms with Crippen molar-refractivity contribution in [1.29, 1.82) is 0 Å². The van der Waals surface area contributed by atoms with Crippen molar-refractivity contribution in [3.05, 3.63) is 57.3 Å². The first-order valence-electron chi connectivity index (χ1n) is 12.4. The minimum atomic E-state index is 0.0738. The van der Waals surface area contributed by atoms with Crippen LogP contribution in [0.4, 0.5) is 0 Å². The summed E-state index contributed by atoms with van der Waals surface area (Å²) in [6.45, 7) is 4.22. The smallest absolute Gasteiger partial charge is 0.253 e. The van der Waals surface area contributed by atoms with Crippen molar-refractivity contribution in [3.8, 4) is 0 Å². The number of carbonyl (C=O) groups excluding carboxylic acids is 1. The fourth-order valence-corrected chi connectivity index (χ4v) is 7.53. The van der Waals surface area contributed by atoms with Crippen molar-refractivity contribution in [3.63, 3.8) is 0 Å². The second-order valence-corrected chi connectivity index (χ2v) is 11.8. The van der Waals surface area contributed by atoms with E-state index >= 15 is 0 Å². The number of thiophene rings is 1. The molecule has 1 saturated carbocycles. The average Bonchev–Trinajstić information content (AvgIpc) is 3.37. The normalized spacial score (nSPS) is 30.0. The number of benzene rings is 1. The lowest BCUT2D eigenvalue weighted by Gasteiger charge is -2.42. The molecule has 2 aromatic heterocycles. The maximum absolute atomic E-state index is 13.4. The van der Waals surface area contributed by atoms with E-state index in [1.54, 1.807) is 11.3 Å². The van der Waals surface area contributed by atoms with Crippen LogP contribution in [0, 0.1) is 6.92 Å². The van der Waals surface area contributed by atoms with Gasteiger partial charge >= 0.3 is 0 Å². The molecule has 0 spiro atoms. The lowest BCUT2D eigenvalue weighted by molar-refractivity contribution is 0.0635. The number of piperidine rings is 1. The molecule has 1 N–H and O–H groups in total. The van der Waals surface area contributed by atoms with Crippen LogP contribution in [-0.2, 0) is 0 Å². The Morgan fingerprint density at radius 2 is 2.12 bits per heavy atom. The van der Waals surface area contributed by atoms with E-state index in [-0.39, 0.29) is 17.5 Å². The summed E-state index contributed by atoms with van der Waals surface area (Å²) < 4.78 is 0. The van der Waals surface area contributed by atoms with Crippen molar-refractivity contribution in [2.45, 2.75) is 81.8 Å². The molecule has 5 nitrogen and oxygen atoms in total. The number of halogens is 1. The van der Waals surface area contributed by atoms with E-state index in [1.165, 1.54) is 12.8 Å². The number of hydrogen-bond acceptors (Lipinski definition) is 5. The van der Waals surface area contributed by atoms with Crippen LogP contribution in [0.5, 0.6) is 0 Å². The van der Waals surface area contributed by atoms with E-state index in [0.717, 1.165) is 53.0 Å². The molecule has 1 amide bonds. The van der Waals surface area contributed by atoms with Crippen LogP contribution in [-0.4, -0.2) is 45.4 Å². The van der Waals surface area contributed by atoms with Gasteiger partial charge in [-0.2, -0.15) is 0 Å². The van der Waals surface area contributed by atoms with Crippen molar-refractivity contribution in [2.75, 3.05) is 7.05 Å². The Balaban J connectivity index is 1.20. The third-order valence-corrected chi connectivity index (χ3v) is 9.60. The van der Waals surface area contributed by atoms with Crippen LogP contribution in [0.3, 0.4) is 0 Å². The molecule has 178 valence electrons. The summed E-state index contributed by atoms with van der Waals surface area (Å²) in [5.74, 6) is 1.60. The molecule has 3 aliphatic rings. The average molecular weight is 495 g/mol. The van der Waals surface area contributed by atoms with Gasteiger partial charge in [0.05, 0.1) is 5.69 Å². The fraction of sp³-hybridized carbons (Fsp3) is 0.519. The Hall–Kier alpha value is -2.02. The van der Waals surface area contributed by atoms with Crippen LogP contribution in [0.25, 0.3) is 10.2 Å². The van der Waals surface area contributed by atoms with E-state index in [2.05, 4.69) is 34.7 Å². The number of amides is 1. The zero-order valence-electron chi connectivity index (χ0n) is 20.0. The summed E-state index contributed by atoms with van der Waals surface area (Å²) in [6, 6.07) is 8.84. The zero-order chi connectivity index (χ0) is 23.6. The number of carbonyl (C=O) groups is 1. The van der Waals surface area contributed by atoms with Crippen LogP contribution in [0.15, 0.2) is 29.6 Å². The lowest BCUT2D eigenvalue weighted by atomic mass is 9.84. The number of nitrogens with zero attached hydrogens (tertiary/aromatic N) is 3. The predicted molar refractivity (Wildman–Crippen MR) is 138 cm³/mol. The molecular formula is C27H31ClN4OS. The Bertz CT molecular complexity index is 1270. The minimum Gasteiger partial charge on any atom is -0.339 e. The molecule has 34 heavy (non-hydrogen) atoms. The summed E-state index contributed by atoms with van der Waals surface area (Å²) in [4.78, 5) is 25.8. The first-order valence-corrected chi connectivity index (χ1v) is 13.7. The van der Waals surface area contributed by atoms with E-state index in [1.807, 2.05) is 31.0 Å². The number of rotatable bonds is 5. The Morgan fingerprint density at radius 1 is 1.26 bits per heavy atom. The van der Waals surface area contributed by atoms with Gasteiger partial charge in [0.1, 0.15) is 10.7 Å². The molecule has 0 radical (unpaired) electrons. The zero-order valence-corrected chi connectivity index (χ0v) is 21.5. The topological polar surface area (TPSA) is 58.1 Å². The maximum atomic E-state index is 13.4. The van der Waals surface area contributed by atoms with Crippen LogP contribution in [0.1, 0.15) is 84.7 Å². The van der Waals surface area contributed by atoms with Gasteiger partial charge < -0.3 is 10.2 Å². The number of hydrogen-bond donors (Lipinski definition) is 1. The Morgan fingerprint density at radius 3 is 2.91 bits per heavy atom. The Kier molecular flexibility index (Phi) is 5.47. The van der Waals surface area contributed by atoms with E-state index < -0.39 is 0 Å². The molecule has 2 saturated heterocycles. The highest BCUT2D eigenvalue weighted by Gasteiger charge is 2.46. The molecule has 0 unspecified atom stereocenters. The van der Waals surface area contributed by atoms with Gasteiger partial charge in [-0.25, -0.2) is 9.97 Å². The van der Waals surface area contributed by atoms with Gasteiger partial charge in [-0.3, -0.25) is 4.79 Å². The van der Waals surface area contributed by atoms with Crippen LogP contribution in [0.2, 0.25) is 5.02 Å². The van der Waals surface area contributed by atoms with Gasteiger partial charge in [0.15, 0.2) is 0 Å². The third kappa shape index (κ3) is 3.75. The van der Waals surface area contributed by atoms with Crippen LogP contribution < -0.4 is 5.32 Å². The quantitative estimate of drug-likeness (QED) is 0.468. The van der Waals surface area contributed by atoms with Gasteiger partial charge in [-0.15, -0.1) is 11.3 Å². The number of nitrogens with one attached hydrogen (secondary N) is 1. The van der Waals surface area contributed by atoms with E-state index in [0.29, 0.717) is 28.5 Å². The molecule has 2 aliphatic heterocycles. The van der Waals surface area contributed by atoms with E-state index in [4.69, 9.17) is 16.6 Å². The second kappa shape index (κ2) is 8.28. The Labute approximate surface area is 209 Å². The standard InChI is InChI=1S/C27H31ClN4OS/c1-4-27-9-7-17(31-27)12-18(14-27)32(3)26(33)16-5-6-19(23(28)11-16)21-13-22(21)24-20-8-10-34-25(20)30-15(2)29-24/h5-6,8,10-11,17-18,21-22,31H,4,7,9,12-14H2,1-3H3/t17-,18-,21+,22-,27+/m0/s1. The first kappa shape index (κ1) is 22.4. The molecule has 1 aromatic carbocycles. The monoisotopic (exact) mass is 494 g/mol. The molecular weight excluding hydrogens is 464 g/mol. The number of aryl methyl sites for hydroxylation is 1. The molecule has 3 aromatic rings. The SMILES string of the molecule is CC[C@@]12CC[C@@H](C[C@H](N(C)C(=O)c3ccc([C@H]4C[C@@H]4c4nc(C)nc5sccc45)c(Cl)c3)C1)N2. The lowest BCUT2D eigenvalue weighted by Crippen LogP contribution is -2.55. The van der Waals surface area contributed by atoms with Gasteiger partial charge in [0.2, 0.25) is 0 Å². The summed E-state index contributed by atoms with van der Waals surface area (Å²) in [5, 5.41) is 7.75. The van der Waals surface area contributed by atoms with Gasteiger partial charge in [0.25, 0.3) is 5.91 Å². The number of fused-ring (bicyclic) bond motifs is 3. The van der Waals surface area contributed by atoms with Crippen molar-refractivity contribution in [2.24, 2.45) is 0 Å². The molecule has 5 atom stereocenters. The highest BCUT2D eigenvalue weighted by molar-refractivity contribution is 7.16. The summed E-state index contributed by atoms with van der Waals surface area (Å²) >= 11 is 8.43. The van der Waals surface area contributed by atoms with Crippen molar-refractivity contribution >= 4 is 39.1 Å². The van der Waals surface area contributed by atoms with Crippen LogP contribution >= 0.6 is 22.9 Å². The molecule has 1 aliphatic carbocycles. The number of aromatic nitrogens is 2. The van der Waals surface area contributed by atoms with Gasteiger partial charge in [0, 0.05) is 46.6 Å². The second-order valence-electron chi connectivity index (χ2n) is 10.5. The van der Waals surface area contributed by atoms with Gasteiger partial charge in [-0.05, 0) is 80.5 Å². The molecule has 2 bridgehead atoms. The molecule has 3 fully saturated rings. The molecule has 7 heteroatoms.